The Morgan fingerprint density at radius 1 is 1.14 bits per heavy atom. The summed E-state index contributed by atoms with van der Waals surface area (Å²) in [5.41, 5.74) is 3.24. The molecular weight excluding hydrogens is 462 g/mol. The van der Waals surface area contributed by atoms with Crippen LogP contribution in [0.15, 0.2) is 58.3 Å². The fourth-order valence-electron chi connectivity index (χ4n) is 4.30. The molecule has 3 heterocycles. The van der Waals surface area contributed by atoms with Crippen molar-refractivity contribution in [3.8, 4) is 5.75 Å². The first kappa shape index (κ1) is 23.0. The second kappa shape index (κ2) is 9.11. The first-order valence-corrected chi connectivity index (χ1v) is 12.3. The van der Waals surface area contributed by atoms with Crippen LogP contribution in [0, 0.1) is 13.8 Å². The van der Waals surface area contributed by atoms with Crippen molar-refractivity contribution in [2.75, 3.05) is 11.5 Å². The average molecular weight is 488 g/mol. The summed E-state index contributed by atoms with van der Waals surface area (Å²) in [6.07, 6.45) is 3.36. The molecule has 0 N–H and O–H groups in total. The number of aryl methyl sites for hydroxylation is 3. The summed E-state index contributed by atoms with van der Waals surface area (Å²) < 4.78 is 11.7. The van der Waals surface area contributed by atoms with E-state index in [1.54, 1.807) is 6.08 Å². The lowest BCUT2D eigenvalue weighted by atomic mass is 9.97. The molecule has 0 bridgehead atoms. The normalized spacial score (nSPS) is 15.0. The fraction of sp³-hybridized carbons (Fsp3) is 0.259. The molecule has 8 heteroatoms. The Bertz CT molecular complexity index is 1500. The minimum atomic E-state index is -0.685. The number of nitrogens with zero attached hydrogens (tertiary/aromatic N) is 3. The van der Waals surface area contributed by atoms with Gasteiger partial charge in [0.25, 0.3) is 5.91 Å². The highest BCUT2D eigenvalue weighted by Crippen LogP contribution is 2.42. The van der Waals surface area contributed by atoms with Gasteiger partial charge in [0.15, 0.2) is 5.43 Å². The van der Waals surface area contributed by atoms with Gasteiger partial charge in [0, 0.05) is 6.42 Å². The summed E-state index contributed by atoms with van der Waals surface area (Å²) in [5, 5.41) is 10.3. The monoisotopic (exact) mass is 487 g/mol. The van der Waals surface area contributed by atoms with Crippen molar-refractivity contribution in [2.45, 2.75) is 39.7 Å². The summed E-state index contributed by atoms with van der Waals surface area (Å²) in [4.78, 5) is 29.0. The van der Waals surface area contributed by atoms with E-state index in [2.05, 4.69) is 23.7 Å². The number of ether oxygens (including phenoxy) is 1. The van der Waals surface area contributed by atoms with Gasteiger partial charge < -0.3 is 9.15 Å². The SMILES string of the molecule is C=CCOc1ccc(C2c3c(oc4cc(C)c(C)cc4c3=O)C(=O)N2c2nnc(CCC)s2)cc1. The molecule has 1 amide bonds. The summed E-state index contributed by atoms with van der Waals surface area (Å²) in [6.45, 7) is 10.0. The second-order valence-corrected chi connectivity index (χ2v) is 9.62. The minimum absolute atomic E-state index is 0.0509. The van der Waals surface area contributed by atoms with Crippen molar-refractivity contribution >= 4 is 33.3 Å². The fourth-order valence-corrected chi connectivity index (χ4v) is 5.27. The Kier molecular flexibility index (Phi) is 5.98. The Labute approximate surface area is 206 Å². The quantitative estimate of drug-likeness (QED) is 0.319. The highest BCUT2D eigenvalue weighted by molar-refractivity contribution is 7.15. The second-order valence-electron chi connectivity index (χ2n) is 8.58. The van der Waals surface area contributed by atoms with E-state index in [9.17, 15) is 9.59 Å². The predicted molar refractivity (Wildman–Crippen MR) is 137 cm³/mol. The topological polar surface area (TPSA) is 85.5 Å². The van der Waals surface area contributed by atoms with Gasteiger partial charge in [-0.2, -0.15) is 0 Å². The van der Waals surface area contributed by atoms with Crippen molar-refractivity contribution in [1.82, 2.24) is 10.2 Å². The van der Waals surface area contributed by atoms with Crippen LogP contribution >= 0.6 is 11.3 Å². The first-order valence-electron chi connectivity index (χ1n) is 11.5. The smallest absolute Gasteiger partial charge is 0.297 e. The first-order chi connectivity index (χ1) is 16.9. The molecule has 0 radical (unpaired) electrons. The van der Waals surface area contributed by atoms with Crippen LogP contribution in [0.4, 0.5) is 5.13 Å². The third-order valence-electron chi connectivity index (χ3n) is 6.18. The molecular formula is C27H25N3O4S. The zero-order chi connectivity index (χ0) is 24.7. The number of anilines is 1. The number of hydrogen-bond acceptors (Lipinski definition) is 7. The standard InChI is InChI=1S/C27H25N3O4S/c1-5-7-21-28-29-27(35-21)30-23(17-8-10-18(11-9-17)33-12-6-2)22-24(31)19-13-15(3)16(4)14-20(19)34-25(22)26(30)32/h6,8-11,13-14,23H,2,5,7,12H2,1,3-4H3. The molecule has 1 aliphatic heterocycles. The summed E-state index contributed by atoms with van der Waals surface area (Å²) >= 11 is 1.36. The highest BCUT2D eigenvalue weighted by Gasteiger charge is 2.45. The van der Waals surface area contributed by atoms with Crippen LogP contribution in [0.3, 0.4) is 0 Å². The van der Waals surface area contributed by atoms with E-state index in [-0.39, 0.29) is 11.2 Å². The van der Waals surface area contributed by atoms with E-state index < -0.39 is 11.9 Å². The van der Waals surface area contributed by atoms with Crippen LogP contribution in [0.2, 0.25) is 0 Å². The van der Waals surface area contributed by atoms with Gasteiger partial charge in [0.1, 0.15) is 22.9 Å². The molecule has 5 rings (SSSR count). The van der Waals surface area contributed by atoms with Crippen LogP contribution in [0.25, 0.3) is 11.0 Å². The van der Waals surface area contributed by atoms with Gasteiger partial charge in [-0.15, -0.1) is 10.2 Å². The maximum Gasteiger partial charge on any atom is 0.297 e. The van der Waals surface area contributed by atoms with Gasteiger partial charge in [-0.05, 0) is 61.2 Å². The zero-order valence-electron chi connectivity index (χ0n) is 19.8. The predicted octanol–water partition coefficient (Wildman–Crippen LogP) is 5.53. The van der Waals surface area contributed by atoms with Crippen LogP contribution in [0.5, 0.6) is 5.75 Å². The number of aromatic nitrogens is 2. The number of carbonyl (C=O) groups excluding carboxylic acids is 1. The van der Waals surface area contributed by atoms with Crippen molar-refractivity contribution in [2.24, 2.45) is 0 Å². The van der Waals surface area contributed by atoms with Gasteiger partial charge >= 0.3 is 0 Å². The van der Waals surface area contributed by atoms with E-state index in [4.69, 9.17) is 9.15 Å². The number of amides is 1. The van der Waals surface area contributed by atoms with Crippen LogP contribution in [-0.4, -0.2) is 22.7 Å². The minimum Gasteiger partial charge on any atom is -0.490 e. The number of fused-ring (bicyclic) bond motifs is 2. The maximum absolute atomic E-state index is 13.8. The summed E-state index contributed by atoms with van der Waals surface area (Å²) in [5.74, 6) is 0.325. The molecule has 0 spiro atoms. The lowest BCUT2D eigenvalue weighted by molar-refractivity contribution is 0.0970. The third-order valence-corrected chi connectivity index (χ3v) is 7.16. The molecule has 0 aliphatic carbocycles. The molecule has 0 saturated carbocycles. The average Bonchev–Trinajstić information content (AvgIpc) is 3.42. The highest BCUT2D eigenvalue weighted by atomic mass is 32.1. The van der Waals surface area contributed by atoms with Gasteiger partial charge in [0.05, 0.1) is 17.0 Å². The molecule has 4 aromatic rings. The molecule has 0 fully saturated rings. The Morgan fingerprint density at radius 3 is 2.60 bits per heavy atom. The Balaban J connectivity index is 1.71. The number of benzene rings is 2. The number of hydrogen-bond donors (Lipinski definition) is 0. The van der Waals surface area contributed by atoms with Crippen molar-refractivity contribution in [3.05, 3.63) is 92.3 Å². The van der Waals surface area contributed by atoms with E-state index in [1.165, 1.54) is 16.2 Å². The van der Waals surface area contributed by atoms with E-state index in [0.29, 0.717) is 34.0 Å². The lowest BCUT2D eigenvalue weighted by Crippen LogP contribution is -2.29. The molecule has 178 valence electrons. The van der Waals surface area contributed by atoms with Crippen LogP contribution < -0.4 is 15.1 Å². The maximum atomic E-state index is 13.8. The van der Waals surface area contributed by atoms with Crippen LogP contribution in [-0.2, 0) is 6.42 Å². The van der Waals surface area contributed by atoms with Gasteiger partial charge in [-0.25, -0.2) is 0 Å². The summed E-state index contributed by atoms with van der Waals surface area (Å²) in [7, 11) is 0. The largest absolute Gasteiger partial charge is 0.490 e. The molecule has 2 aromatic carbocycles. The lowest BCUT2D eigenvalue weighted by Gasteiger charge is -2.22. The van der Waals surface area contributed by atoms with Crippen molar-refractivity contribution in [3.63, 3.8) is 0 Å². The van der Waals surface area contributed by atoms with E-state index in [1.807, 2.05) is 50.2 Å². The van der Waals surface area contributed by atoms with E-state index in [0.717, 1.165) is 34.5 Å². The van der Waals surface area contributed by atoms with Gasteiger partial charge in [-0.3, -0.25) is 14.5 Å². The molecule has 1 atom stereocenters. The Morgan fingerprint density at radius 2 is 1.89 bits per heavy atom. The van der Waals surface area contributed by atoms with Crippen molar-refractivity contribution in [1.29, 1.82) is 0 Å². The number of carbonyl (C=O) groups is 1. The Hall–Kier alpha value is -3.78. The molecule has 0 saturated heterocycles. The van der Waals surface area contributed by atoms with E-state index >= 15 is 0 Å². The molecule has 1 aliphatic rings. The molecule has 7 nitrogen and oxygen atoms in total. The molecule has 35 heavy (non-hydrogen) atoms. The van der Waals surface area contributed by atoms with Gasteiger partial charge in [0.2, 0.25) is 10.9 Å². The van der Waals surface area contributed by atoms with Gasteiger partial charge in [-0.1, -0.05) is 43.0 Å². The molecule has 1 unspecified atom stereocenters. The summed E-state index contributed by atoms with van der Waals surface area (Å²) in [6, 6.07) is 10.3. The van der Waals surface area contributed by atoms with Crippen molar-refractivity contribution < 1.29 is 13.9 Å². The molecule has 2 aromatic heterocycles. The van der Waals surface area contributed by atoms with Crippen LogP contribution in [0.1, 0.15) is 57.2 Å². The zero-order valence-corrected chi connectivity index (χ0v) is 20.6. The number of rotatable bonds is 7. The third kappa shape index (κ3) is 3.93.